The van der Waals surface area contributed by atoms with E-state index >= 15 is 0 Å². The zero-order valence-electron chi connectivity index (χ0n) is 13.6. The van der Waals surface area contributed by atoms with E-state index in [1.165, 1.54) is 0 Å². The molecule has 4 nitrogen and oxygen atoms in total. The number of Topliss-reactive ketones (excluding diaryl/α,β-unsaturated/α-hetero) is 1. The molecule has 2 atom stereocenters. The van der Waals surface area contributed by atoms with Crippen LogP contribution in [0.1, 0.15) is 34.6 Å². The van der Waals surface area contributed by atoms with E-state index in [9.17, 15) is 14.7 Å². The monoisotopic (exact) mass is 302 g/mol. The molecular formula is C18H22O4. The third kappa shape index (κ3) is 1.97. The van der Waals surface area contributed by atoms with Crippen LogP contribution in [-0.2, 0) is 9.59 Å². The maximum atomic E-state index is 12.8. The van der Waals surface area contributed by atoms with Crippen LogP contribution >= 0.6 is 0 Å². The molecule has 0 saturated carbocycles. The van der Waals surface area contributed by atoms with Gasteiger partial charge < -0.3 is 9.84 Å². The predicted molar refractivity (Wildman–Crippen MR) is 83.5 cm³/mol. The van der Waals surface area contributed by atoms with Gasteiger partial charge in [-0.3, -0.25) is 9.59 Å². The van der Waals surface area contributed by atoms with Crippen molar-refractivity contribution in [3.05, 3.63) is 41.7 Å². The summed E-state index contributed by atoms with van der Waals surface area (Å²) >= 11 is 0. The van der Waals surface area contributed by atoms with E-state index in [1.807, 2.05) is 26.8 Å². The Morgan fingerprint density at radius 2 is 1.73 bits per heavy atom. The molecule has 4 heteroatoms. The number of aliphatic hydroxyl groups is 1. The van der Waals surface area contributed by atoms with Gasteiger partial charge in [0.1, 0.15) is 11.2 Å². The zero-order valence-corrected chi connectivity index (χ0v) is 13.6. The highest BCUT2D eigenvalue weighted by Crippen LogP contribution is 2.57. The van der Waals surface area contributed by atoms with Gasteiger partial charge >= 0.3 is 5.97 Å². The Hall–Kier alpha value is -2.10. The Bertz CT molecular complexity index is 644. The molecule has 0 saturated heterocycles. The number of allylic oxidation sites excluding steroid dienone is 2. The molecule has 0 radical (unpaired) electrons. The van der Waals surface area contributed by atoms with Gasteiger partial charge in [-0.1, -0.05) is 39.0 Å². The quantitative estimate of drug-likeness (QED) is 0.525. The summed E-state index contributed by atoms with van der Waals surface area (Å²) in [6.07, 6.45) is 0. The summed E-state index contributed by atoms with van der Waals surface area (Å²) < 4.78 is 5.42. The third-order valence-corrected chi connectivity index (χ3v) is 5.36. The summed E-state index contributed by atoms with van der Waals surface area (Å²) in [5.41, 5.74) is -1.69. The van der Waals surface area contributed by atoms with Crippen LogP contribution in [0, 0.1) is 16.7 Å². The van der Waals surface area contributed by atoms with Gasteiger partial charge in [0.15, 0.2) is 5.76 Å². The van der Waals surface area contributed by atoms with Crippen LogP contribution < -0.4 is 4.74 Å². The van der Waals surface area contributed by atoms with Gasteiger partial charge in [-0.05, 0) is 37.5 Å². The Labute approximate surface area is 130 Å². The maximum Gasteiger partial charge on any atom is 0.326 e. The van der Waals surface area contributed by atoms with E-state index in [0.29, 0.717) is 11.3 Å². The van der Waals surface area contributed by atoms with Crippen LogP contribution in [0.3, 0.4) is 0 Å². The first-order valence-electron chi connectivity index (χ1n) is 7.39. The maximum absolute atomic E-state index is 12.8. The molecule has 0 fully saturated rings. The largest absolute Gasteiger partial charge is 0.504 e. The van der Waals surface area contributed by atoms with Crippen molar-refractivity contribution in [1.82, 2.24) is 0 Å². The number of rotatable bonds is 3. The van der Waals surface area contributed by atoms with Crippen LogP contribution in [0.15, 0.2) is 41.7 Å². The Balaban J connectivity index is 2.47. The number of ether oxygens (including phenoxy) is 1. The lowest BCUT2D eigenvalue weighted by molar-refractivity contribution is -0.158. The van der Waals surface area contributed by atoms with Crippen molar-refractivity contribution in [1.29, 1.82) is 0 Å². The smallest absolute Gasteiger partial charge is 0.326 e. The number of esters is 1. The van der Waals surface area contributed by atoms with Crippen molar-refractivity contribution < 1.29 is 19.4 Å². The molecule has 0 amide bonds. The number of hydrogen-bond acceptors (Lipinski definition) is 4. The molecule has 0 spiro atoms. The molecule has 0 aliphatic heterocycles. The summed E-state index contributed by atoms with van der Waals surface area (Å²) in [7, 11) is 0. The van der Waals surface area contributed by atoms with Gasteiger partial charge in [0, 0.05) is 5.41 Å². The van der Waals surface area contributed by atoms with E-state index < -0.39 is 22.6 Å². The van der Waals surface area contributed by atoms with Crippen LogP contribution in [0.25, 0.3) is 0 Å². The van der Waals surface area contributed by atoms with Crippen molar-refractivity contribution in [2.75, 3.05) is 0 Å². The lowest BCUT2D eigenvalue weighted by atomic mass is 9.59. The molecule has 1 aliphatic carbocycles. The topological polar surface area (TPSA) is 63.6 Å². The number of benzene rings is 1. The molecule has 0 aromatic heterocycles. The van der Waals surface area contributed by atoms with Gasteiger partial charge in [0.2, 0.25) is 5.78 Å². The van der Waals surface area contributed by atoms with E-state index in [2.05, 4.69) is 0 Å². The Morgan fingerprint density at radius 1 is 1.18 bits per heavy atom. The molecule has 1 aromatic carbocycles. The third-order valence-electron chi connectivity index (χ3n) is 5.36. The first kappa shape index (κ1) is 16.3. The molecule has 0 unspecified atom stereocenters. The second-order valence-electron chi connectivity index (χ2n) is 6.49. The average Bonchev–Trinajstić information content (AvgIpc) is 2.63. The minimum Gasteiger partial charge on any atom is -0.504 e. The number of para-hydroxylation sites is 1. The van der Waals surface area contributed by atoms with Crippen LogP contribution in [0.5, 0.6) is 5.75 Å². The number of ketones is 1. The lowest BCUT2D eigenvalue weighted by Gasteiger charge is -2.42. The highest BCUT2D eigenvalue weighted by molar-refractivity contribution is 6.15. The molecule has 0 heterocycles. The van der Waals surface area contributed by atoms with Gasteiger partial charge in [-0.2, -0.15) is 0 Å². The van der Waals surface area contributed by atoms with Crippen LogP contribution in [0.4, 0.5) is 0 Å². The van der Waals surface area contributed by atoms with Crippen molar-refractivity contribution >= 4 is 11.8 Å². The summed E-state index contributed by atoms with van der Waals surface area (Å²) in [5.74, 6) is -1.15. The minimum absolute atomic E-state index is 0.0191. The van der Waals surface area contributed by atoms with Crippen LogP contribution in [-0.4, -0.2) is 16.9 Å². The molecule has 118 valence electrons. The van der Waals surface area contributed by atoms with Gasteiger partial charge in [-0.25, -0.2) is 0 Å². The van der Waals surface area contributed by atoms with Crippen molar-refractivity contribution in [2.24, 2.45) is 16.7 Å². The highest BCUT2D eigenvalue weighted by Gasteiger charge is 2.64. The zero-order chi connectivity index (χ0) is 16.7. The van der Waals surface area contributed by atoms with Crippen molar-refractivity contribution in [2.45, 2.75) is 34.6 Å². The van der Waals surface area contributed by atoms with Gasteiger partial charge in [-0.15, -0.1) is 0 Å². The van der Waals surface area contributed by atoms with Gasteiger partial charge in [0.05, 0.1) is 0 Å². The molecule has 1 aliphatic rings. The van der Waals surface area contributed by atoms with Crippen LogP contribution in [0.2, 0.25) is 0 Å². The first-order chi connectivity index (χ1) is 10.2. The molecule has 0 bridgehead atoms. The standard InChI is InChI=1S/C18H22O4/c1-11(2)17(4)12(3)14(19)15(20)18(17,5)16(21)22-13-9-7-6-8-10-13/h6-11,19H,1-5H3/t17-,18-/m0/s1. The Kier molecular flexibility index (Phi) is 3.90. The lowest BCUT2D eigenvalue weighted by Crippen LogP contribution is -2.50. The van der Waals surface area contributed by atoms with E-state index in [-0.39, 0.29) is 11.7 Å². The average molecular weight is 302 g/mol. The highest BCUT2D eigenvalue weighted by atomic mass is 16.5. The second-order valence-corrected chi connectivity index (χ2v) is 6.49. The number of aliphatic hydroxyl groups excluding tert-OH is 1. The minimum atomic E-state index is -1.44. The molecule has 2 rings (SSSR count). The van der Waals surface area contributed by atoms with E-state index in [4.69, 9.17) is 4.74 Å². The number of carbonyl (C=O) groups excluding carboxylic acids is 2. The van der Waals surface area contributed by atoms with E-state index in [1.54, 1.807) is 38.1 Å². The van der Waals surface area contributed by atoms with Gasteiger partial charge in [0.25, 0.3) is 0 Å². The second kappa shape index (κ2) is 5.27. The molecule has 22 heavy (non-hydrogen) atoms. The summed E-state index contributed by atoms with van der Waals surface area (Å²) in [6.45, 7) is 8.97. The molecular weight excluding hydrogens is 280 g/mol. The number of hydrogen-bond donors (Lipinski definition) is 1. The predicted octanol–water partition coefficient (Wildman–Crippen LogP) is 3.68. The first-order valence-corrected chi connectivity index (χ1v) is 7.39. The normalized spacial score (nSPS) is 28.4. The summed E-state index contributed by atoms with van der Waals surface area (Å²) in [6, 6.07) is 8.64. The molecule has 1 aromatic rings. The fraction of sp³-hybridized carbons (Fsp3) is 0.444. The van der Waals surface area contributed by atoms with Crippen molar-refractivity contribution in [3.63, 3.8) is 0 Å². The Morgan fingerprint density at radius 3 is 2.23 bits per heavy atom. The van der Waals surface area contributed by atoms with Crippen molar-refractivity contribution in [3.8, 4) is 5.75 Å². The summed E-state index contributed by atoms with van der Waals surface area (Å²) in [4.78, 5) is 25.4. The fourth-order valence-corrected chi connectivity index (χ4v) is 3.28. The SMILES string of the molecule is CC1=C(O)C(=O)[C@@](C)(C(=O)Oc2ccccc2)[C@@]1(C)C(C)C. The fourth-order valence-electron chi connectivity index (χ4n) is 3.28. The summed E-state index contributed by atoms with van der Waals surface area (Å²) in [5, 5.41) is 10.1. The number of carbonyl (C=O) groups is 2. The van der Waals surface area contributed by atoms with E-state index in [0.717, 1.165) is 0 Å². The molecule has 1 N–H and O–H groups in total.